The molecule has 2 heteroatoms. The summed E-state index contributed by atoms with van der Waals surface area (Å²) in [5.41, 5.74) is 3.95. The van der Waals surface area contributed by atoms with Crippen LogP contribution in [0.4, 0.5) is 0 Å². The van der Waals surface area contributed by atoms with Crippen molar-refractivity contribution >= 4 is 0 Å². The van der Waals surface area contributed by atoms with Gasteiger partial charge in [0.05, 0.1) is 0 Å². The van der Waals surface area contributed by atoms with Crippen LogP contribution < -0.4 is 0 Å². The van der Waals surface area contributed by atoms with Crippen molar-refractivity contribution in [2.75, 3.05) is 33.2 Å². The van der Waals surface area contributed by atoms with E-state index < -0.39 is 0 Å². The van der Waals surface area contributed by atoms with E-state index in [2.05, 4.69) is 85.3 Å². The first kappa shape index (κ1) is 16.7. The molecule has 0 aromatic heterocycles. The number of nitrogens with zero attached hydrogens (tertiary/aromatic N) is 2. The summed E-state index contributed by atoms with van der Waals surface area (Å²) in [5.74, 6) is 0. The smallest absolute Gasteiger partial charge is 0.0231 e. The van der Waals surface area contributed by atoms with E-state index in [1.54, 1.807) is 0 Å². The maximum atomic E-state index is 2.47. The Kier molecular flexibility index (Phi) is 6.63. The Bertz CT molecular complexity index is 529. The van der Waals surface area contributed by atoms with Crippen LogP contribution in [0.2, 0.25) is 0 Å². The fraction of sp³-hybridized carbons (Fsp3) is 0.400. The Morgan fingerprint density at radius 3 is 1.91 bits per heavy atom. The Hall–Kier alpha value is -1.64. The maximum Gasteiger partial charge on any atom is 0.0231 e. The van der Waals surface area contributed by atoms with Gasteiger partial charge in [-0.1, -0.05) is 68.4 Å². The predicted octanol–water partition coefficient (Wildman–Crippen LogP) is 4.13. The number of hydrogen-bond acceptors (Lipinski definition) is 2. The van der Waals surface area contributed by atoms with Gasteiger partial charge in [-0.3, -0.25) is 0 Å². The van der Waals surface area contributed by atoms with Crippen molar-refractivity contribution < 1.29 is 0 Å². The zero-order valence-electron chi connectivity index (χ0n) is 14.1. The molecular formula is C20H28N2. The van der Waals surface area contributed by atoms with Crippen molar-refractivity contribution in [1.82, 2.24) is 9.80 Å². The number of rotatable bonds is 8. The van der Waals surface area contributed by atoms with E-state index >= 15 is 0 Å². The van der Waals surface area contributed by atoms with Crippen LogP contribution in [0.25, 0.3) is 11.1 Å². The van der Waals surface area contributed by atoms with Crippen molar-refractivity contribution in [2.45, 2.75) is 20.4 Å². The van der Waals surface area contributed by atoms with Crippen molar-refractivity contribution in [1.29, 1.82) is 0 Å². The maximum absolute atomic E-state index is 2.47. The van der Waals surface area contributed by atoms with Crippen LogP contribution in [-0.4, -0.2) is 43.0 Å². The highest BCUT2D eigenvalue weighted by Crippen LogP contribution is 2.19. The second kappa shape index (κ2) is 8.72. The summed E-state index contributed by atoms with van der Waals surface area (Å²) in [7, 11) is 2.20. The Morgan fingerprint density at radius 1 is 0.727 bits per heavy atom. The van der Waals surface area contributed by atoms with E-state index in [-0.39, 0.29) is 0 Å². The van der Waals surface area contributed by atoms with Crippen LogP contribution in [0.5, 0.6) is 0 Å². The average molecular weight is 296 g/mol. The predicted molar refractivity (Wildman–Crippen MR) is 96.0 cm³/mol. The van der Waals surface area contributed by atoms with Gasteiger partial charge in [-0.15, -0.1) is 0 Å². The van der Waals surface area contributed by atoms with Crippen molar-refractivity contribution in [2.24, 2.45) is 0 Å². The van der Waals surface area contributed by atoms with E-state index in [1.165, 1.54) is 16.7 Å². The molecule has 2 nitrogen and oxygen atoms in total. The lowest BCUT2D eigenvalue weighted by Gasteiger charge is -2.23. The average Bonchev–Trinajstić information content (AvgIpc) is 2.57. The van der Waals surface area contributed by atoms with E-state index in [4.69, 9.17) is 0 Å². The summed E-state index contributed by atoms with van der Waals surface area (Å²) >= 11 is 0. The SMILES string of the molecule is CCN(CC)CCN(C)Cc1ccc(-c2ccccc2)cc1. The summed E-state index contributed by atoms with van der Waals surface area (Å²) in [6.45, 7) is 9.99. The minimum absolute atomic E-state index is 1.01. The van der Waals surface area contributed by atoms with Gasteiger partial charge in [-0.05, 0) is 36.8 Å². The molecule has 0 N–H and O–H groups in total. The van der Waals surface area contributed by atoms with E-state index in [0.29, 0.717) is 0 Å². The van der Waals surface area contributed by atoms with Gasteiger partial charge in [-0.2, -0.15) is 0 Å². The van der Waals surface area contributed by atoms with Gasteiger partial charge in [0, 0.05) is 19.6 Å². The fourth-order valence-electron chi connectivity index (χ4n) is 2.68. The summed E-state index contributed by atoms with van der Waals surface area (Å²) in [6.07, 6.45) is 0. The van der Waals surface area contributed by atoms with Crippen LogP contribution in [0.3, 0.4) is 0 Å². The van der Waals surface area contributed by atoms with E-state index in [9.17, 15) is 0 Å². The molecule has 0 heterocycles. The Morgan fingerprint density at radius 2 is 1.32 bits per heavy atom. The summed E-state index contributed by atoms with van der Waals surface area (Å²) in [5, 5.41) is 0. The Balaban J connectivity index is 1.88. The van der Waals surface area contributed by atoms with Crippen LogP contribution in [0.15, 0.2) is 54.6 Å². The standard InChI is InChI=1S/C20H28N2/c1-4-22(5-2)16-15-21(3)17-18-11-13-20(14-12-18)19-9-7-6-8-10-19/h6-14H,4-5,15-17H2,1-3H3. The quantitative estimate of drug-likeness (QED) is 0.723. The highest BCUT2D eigenvalue weighted by atomic mass is 15.2. The Labute approximate surface area is 135 Å². The molecule has 2 aromatic carbocycles. The molecule has 0 saturated heterocycles. The lowest BCUT2D eigenvalue weighted by atomic mass is 10.0. The normalized spacial score (nSPS) is 11.3. The van der Waals surface area contributed by atoms with E-state index in [0.717, 1.165) is 32.7 Å². The summed E-state index contributed by atoms with van der Waals surface area (Å²) in [4.78, 5) is 4.87. The second-order valence-corrected chi connectivity index (χ2v) is 5.83. The molecule has 2 rings (SSSR count). The van der Waals surface area contributed by atoms with Gasteiger partial charge in [0.1, 0.15) is 0 Å². The first-order chi connectivity index (χ1) is 10.7. The highest BCUT2D eigenvalue weighted by molar-refractivity contribution is 5.63. The minimum Gasteiger partial charge on any atom is -0.303 e. The molecule has 0 fully saturated rings. The molecule has 0 bridgehead atoms. The van der Waals surface area contributed by atoms with Crippen molar-refractivity contribution in [3.8, 4) is 11.1 Å². The summed E-state index contributed by atoms with van der Waals surface area (Å²) < 4.78 is 0. The lowest BCUT2D eigenvalue weighted by Crippen LogP contribution is -2.32. The topological polar surface area (TPSA) is 6.48 Å². The molecule has 0 amide bonds. The molecule has 0 aliphatic rings. The third kappa shape index (κ3) is 4.97. The summed E-state index contributed by atoms with van der Waals surface area (Å²) in [6, 6.07) is 19.5. The van der Waals surface area contributed by atoms with Gasteiger partial charge in [0.25, 0.3) is 0 Å². The number of likely N-dealkylation sites (N-methyl/N-ethyl adjacent to an activating group) is 2. The molecule has 0 atom stereocenters. The third-order valence-corrected chi connectivity index (χ3v) is 4.21. The molecule has 0 aliphatic heterocycles. The largest absolute Gasteiger partial charge is 0.303 e. The number of benzene rings is 2. The monoisotopic (exact) mass is 296 g/mol. The van der Waals surface area contributed by atoms with Gasteiger partial charge in [0.15, 0.2) is 0 Å². The molecule has 22 heavy (non-hydrogen) atoms. The van der Waals surface area contributed by atoms with E-state index in [1.807, 2.05) is 0 Å². The van der Waals surface area contributed by atoms with Gasteiger partial charge >= 0.3 is 0 Å². The van der Waals surface area contributed by atoms with Gasteiger partial charge in [0.2, 0.25) is 0 Å². The van der Waals surface area contributed by atoms with Crippen LogP contribution in [-0.2, 0) is 6.54 Å². The molecule has 0 radical (unpaired) electrons. The first-order valence-electron chi connectivity index (χ1n) is 8.28. The number of hydrogen-bond donors (Lipinski definition) is 0. The van der Waals surface area contributed by atoms with Crippen LogP contribution in [0.1, 0.15) is 19.4 Å². The third-order valence-electron chi connectivity index (χ3n) is 4.21. The molecular weight excluding hydrogens is 268 g/mol. The second-order valence-electron chi connectivity index (χ2n) is 5.83. The van der Waals surface area contributed by atoms with Crippen molar-refractivity contribution in [3.63, 3.8) is 0 Å². The zero-order valence-corrected chi connectivity index (χ0v) is 14.1. The minimum atomic E-state index is 1.01. The molecule has 0 aliphatic carbocycles. The molecule has 2 aromatic rings. The van der Waals surface area contributed by atoms with Crippen molar-refractivity contribution in [3.05, 3.63) is 60.2 Å². The zero-order chi connectivity index (χ0) is 15.8. The van der Waals surface area contributed by atoms with Gasteiger partial charge < -0.3 is 9.80 Å². The lowest BCUT2D eigenvalue weighted by molar-refractivity contribution is 0.236. The first-order valence-corrected chi connectivity index (χ1v) is 8.28. The molecule has 0 unspecified atom stereocenters. The fourth-order valence-corrected chi connectivity index (χ4v) is 2.68. The molecule has 118 valence electrons. The highest BCUT2D eigenvalue weighted by Gasteiger charge is 2.04. The molecule has 0 spiro atoms. The van der Waals surface area contributed by atoms with Crippen LogP contribution in [0, 0.1) is 0 Å². The molecule has 0 saturated carbocycles. The van der Waals surface area contributed by atoms with Gasteiger partial charge in [-0.25, -0.2) is 0 Å². The van der Waals surface area contributed by atoms with Crippen LogP contribution >= 0.6 is 0 Å².